The molecule has 118 valence electrons. The van der Waals surface area contributed by atoms with Crippen LogP contribution in [-0.2, 0) is 9.53 Å². The van der Waals surface area contributed by atoms with Gasteiger partial charge in [0.15, 0.2) is 0 Å². The van der Waals surface area contributed by atoms with Gasteiger partial charge >= 0.3 is 0 Å². The van der Waals surface area contributed by atoms with Crippen LogP contribution in [0.4, 0.5) is 0 Å². The number of hydrogen-bond acceptors (Lipinski definition) is 3. The molecule has 0 spiro atoms. The first-order valence-electron chi connectivity index (χ1n) is 7.80. The van der Waals surface area contributed by atoms with E-state index in [1.165, 1.54) is 25.7 Å². The second-order valence-corrected chi connectivity index (χ2v) is 7.19. The Bertz CT molecular complexity index is 310. The molecule has 0 heterocycles. The third-order valence-electron chi connectivity index (χ3n) is 4.27. The molecule has 0 aromatic carbocycles. The lowest BCUT2D eigenvalue weighted by Gasteiger charge is -2.33. The van der Waals surface area contributed by atoms with E-state index < -0.39 is 0 Å². The highest BCUT2D eigenvalue weighted by molar-refractivity contribution is 5.73. The molecule has 4 heteroatoms. The van der Waals surface area contributed by atoms with Gasteiger partial charge in [-0.05, 0) is 40.0 Å². The third kappa shape index (κ3) is 5.80. The van der Waals surface area contributed by atoms with Gasteiger partial charge in [-0.2, -0.15) is 0 Å². The van der Waals surface area contributed by atoms with E-state index in [1.807, 2.05) is 0 Å². The Labute approximate surface area is 124 Å². The van der Waals surface area contributed by atoms with Gasteiger partial charge in [-0.1, -0.05) is 12.8 Å². The predicted octanol–water partition coefficient (Wildman–Crippen LogP) is 2.48. The highest BCUT2D eigenvalue weighted by Gasteiger charge is 2.34. The predicted molar refractivity (Wildman–Crippen MR) is 82.8 cm³/mol. The van der Waals surface area contributed by atoms with Crippen LogP contribution < -0.4 is 10.6 Å². The van der Waals surface area contributed by atoms with Gasteiger partial charge in [-0.3, -0.25) is 4.79 Å². The quantitative estimate of drug-likeness (QED) is 0.720. The van der Waals surface area contributed by atoms with Gasteiger partial charge in [-0.15, -0.1) is 0 Å². The van der Waals surface area contributed by atoms with E-state index in [2.05, 4.69) is 31.4 Å². The lowest BCUT2D eigenvalue weighted by molar-refractivity contribution is -0.120. The van der Waals surface area contributed by atoms with Gasteiger partial charge in [-0.25, -0.2) is 0 Å². The fourth-order valence-electron chi connectivity index (χ4n) is 3.56. The van der Waals surface area contributed by atoms with Crippen LogP contribution in [0.15, 0.2) is 0 Å². The largest absolute Gasteiger partial charge is 0.384 e. The summed E-state index contributed by atoms with van der Waals surface area (Å²) in [5, 5.41) is 6.66. The molecule has 0 aliphatic heterocycles. The monoisotopic (exact) mass is 284 g/mol. The average Bonchev–Trinajstić information content (AvgIpc) is 2.73. The van der Waals surface area contributed by atoms with Crippen molar-refractivity contribution in [2.24, 2.45) is 5.41 Å². The summed E-state index contributed by atoms with van der Waals surface area (Å²) in [6.45, 7) is 9.78. The Balaban J connectivity index is 2.41. The summed E-state index contributed by atoms with van der Waals surface area (Å²) in [6, 6.07) is 0.381. The Kier molecular flexibility index (Phi) is 6.46. The zero-order chi connectivity index (χ0) is 15.2. The second kappa shape index (κ2) is 7.41. The van der Waals surface area contributed by atoms with Crippen LogP contribution in [0.5, 0.6) is 0 Å². The fourth-order valence-corrected chi connectivity index (χ4v) is 3.56. The number of ether oxygens (including phenoxy) is 1. The van der Waals surface area contributed by atoms with E-state index >= 15 is 0 Å². The van der Waals surface area contributed by atoms with Gasteiger partial charge < -0.3 is 15.4 Å². The van der Waals surface area contributed by atoms with E-state index in [1.54, 1.807) is 14.0 Å². The molecule has 0 aromatic heterocycles. The highest BCUT2D eigenvalue weighted by Crippen LogP contribution is 2.37. The minimum Gasteiger partial charge on any atom is -0.384 e. The molecule has 0 radical (unpaired) electrons. The minimum atomic E-state index is -0.164. The third-order valence-corrected chi connectivity index (χ3v) is 4.27. The first-order valence-corrected chi connectivity index (χ1v) is 7.80. The van der Waals surface area contributed by atoms with Crippen molar-refractivity contribution in [1.82, 2.24) is 10.6 Å². The zero-order valence-corrected chi connectivity index (χ0v) is 13.8. The van der Waals surface area contributed by atoms with Crippen LogP contribution in [0.1, 0.15) is 59.8 Å². The molecule has 0 saturated heterocycles. The number of methoxy groups -OCH3 is 1. The second-order valence-electron chi connectivity index (χ2n) is 7.19. The molecule has 4 nitrogen and oxygen atoms in total. The van der Waals surface area contributed by atoms with Crippen LogP contribution in [0.2, 0.25) is 0 Å². The highest BCUT2D eigenvalue weighted by atomic mass is 16.5. The molecule has 0 unspecified atom stereocenters. The Morgan fingerprint density at radius 3 is 2.45 bits per heavy atom. The van der Waals surface area contributed by atoms with Crippen molar-refractivity contribution in [3.05, 3.63) is 0 Å². The molecule has 1 atom stereocenters. The van der Waals surface area contributed by atoms with Crippen LogP contribution in [0.3, 0.4) is 0 Å². The van der Waals surface area contributed by atoms with Gasteiger partial charge in [0.25, 0.3) is 0 Å². The molecule has 1 aliphatic rings. The summed E-state index contributed by atoms with van der Waals surface area (Å²) in [7, 11) is 1.80. The maximum atomic E-state index is 11.2. The van der Waals surface area contributed by atoms with Crippen LogP contribution in [0, 0.1) is 5.41 Å². The smallest absolute Gasteiger partial charge is 0.217 e. The van der Waals surface area contributed by atoms with Gasteiger partial charge in [0.1, 0.15) is 0 Å². The molecule has 20 heavy (non-hydrogen) atoms. The summed E-state index contributed by atoms with van der Waals surface area (Å²) in [6.07, 6.45) is 6.08. The zero-order valence-electron chi connectivity index (χ0n) is 13.8. The lowest BCUT2D eigenvalue weighted by atomic mass is 9.86. The average molecular weight is 284 g/mol. The molecule has 1 amide bonds. The topological polar surface area (TPSA) is 50.4 Å². The number of nitrogens with one attached hydrogen (secondary N) is 2. The van der Waals surface area contributed by atoms with Crippen molar-refractivity contribution >= 4 is 5.91 Å². The van der Waals surface area contributed by atoms with Crippen molar-refractivity contribution in [3.8, 4) is 0 Å². The summed E-state index contributed by atoms with van der Waals surface area (Å²) < 4.78 is 5.42. The molecule has 1 fully saturated rings. The first-order chi connectivity index (χ1) is 9.29. The standard InChI is InChI=1S/C16H32N2O2/c1-13(10-15(3,4)18-14(2)19)17-11-16(12-20-5)8-6-7-9-16/h13,17H,6-12H2,1-5H3,(H,18,19)/t13-/m1/s1. The van der Waals surface area contributed by atoms with Crippen molar-refractivity contribution in [2.75, 3.05) is 20.3 Å². The molecule has 1 saturated carbocycles. The minimum absolute atomic E-state index is 0.0360. The van der Waals surface area contributed by atoms with E-state index in [0.29, 0.717) is 11.5 Å². The van der Waals surface area contributed by atoms with Crippen molar-refractivity contribution in [2.45, 2.75) is 71.4 Å². The number of amides is 1. The van der Waals surface area contributed by atoms with E-state index in [4.69, 9.17) is 4.74 Å². The number of carbonyl (C=O) groups is 1. The Morgan fingerprint density at radius 1 is 1.35 bits per heavy atom. The summed E-state index contributed by atoms with van der Waals surface area (Å²) in [5.74, 6) is 0.0360. The molecule has 0 aromatic rings. The number of rotatable bonds is 8. The van der Waals surface area contributed by atoms with Crippen LogP contribution in [-0.4, -0.2) is 37.7 Å². The molecular weight excluding hydrogens is 252 g/mol. The molecular formula is C16H32N2O2. The normalized spacial score (nSPS) is 19.9. The van der Waals surface area contributed by atoms with Gasteiger partial charge in [0.2, 0.25) is 5.91 Å². The van der Waals surface area contributed by atoms with Crippen molar-refractivity contribution in [1.29, 1.82) is 0 Å². The number of carbonyl (C=O) groups excluding carboxylic acids is 1. The van der Waals surface area contributed by atoms with Gasteiger partial charge in [0.05, 0.1) is 6.61 Å². The first kappa shape index (κ1) is 17.4. The molecule has 1 aliphatic carbocycles. The molecule has 0 bridgehead atoms. The maximum absolute atomic E-state index is 11.2. The van der Waals surface area contributed by atoms with E-state index in [0.717, 1.165) is 19.6 Å². The van der Waals surface area contributed by atoms with Gasteiger partial charge in [0, 0.05) is 37.6 Å². The molecule has 1 rings (SSSR count). The van der Waals surface area contributed by atoms with E-state index in [-0.39, 0.29) is 11.4 Å². The maximum Gasteiger partial charge on any atom is 0.217 e. The summed E-state index contributed by atoms with van der Waals surface area (Å²) in [5.41, 5.74) is 0.156. The van der Waals surface area contributed by atoms with Crippen LogP contribution >= 0.6 is 0 Å². The van der Waals surface area contributed by atoms with Crippen molar-refractivity contribution in [3.63, 3.8) is 0 Å². The Morgan fingerprint density at radius 2 is 1.95 bits per heavy atom. The van der Waals surface area contributed by atoms with Crippen LogP contribution in [0.25, 0.3) is 0 Å². The van der Waals surface area contributed by atoms with Crippen molar-refractivity contribution < 1.29 is 9.53 Å². The Hall–Kier alpha value is -0.610. The summed E-state index contributed by atoms with van der Waals surface area (Å²) >= 11 is 0. The van der Waals surface area contributed by atoms with E-state index in [9.17, 15) is 4.79 Å². The fraction of sp³-hybridized carbons (Fsp3) is 0.938. The SMILES string of the molecule is COCC1(CN[C@H](C)CC(C)(C)NC(C)=O)CCCC1. The lowest BCUT2D eigenvalue weighted by Crippen LogP contribution is -2.48. The summed E-state index contributed by atoms with van der Waals surface area (Å²) in [4.78, 5) is 11.2. The molecule has 2 N–H and O–H groups in total. The number of hydrogen-bond donors (Lipinski definition) is 2.